The van der Waals surface area contributed by atoms with E-state index >= 15 is 0 Å². The molecule has 6 nitrogen and oxygen atoms in total. The number of rotatable bonds is 7. The third kappa shape index (κ3) is 4.65. The summed E-state index contributed by atoms with van der Waals surface area (Å²) >= 11 is 1.28. The number of hydrogen-bond donors (Lipinski definition) is 1. The lowest BCUT2D eigenvalue weighted by atomic mass is 10.0. The van der Waals surface area contributed by atoms with E-state index in [1.165, 1.54) is 11.3 Å². The molecule has 0 fully saturated rings. The van der Waals surface area contributed by atoms with Gasteiger partial charge in [0.2, 0.25) is 0 Å². The van der Waals surface area contributed by atoms with E-state index in [1.54, 1.807) is 18.5 Å². The fourth-order valence-electron chi connectivity index (χ4n) is 3.22. The van der Waals surface area contributed by atoms with Crippen LogP contribution in [-0.2, 0) is 4.79 Å². The Morgan fingerprint density at radius 1 is 1.06 bits per heavy atom. The number of carbonyl (C=O) groups excluding carboxylic acids is 2. The van der Waals surface area contributed by atoms with E-state index < -0.39 is 5.92 Å². The van der Waals surface area contributed by atoms with Gasteiger partial charge in [-0.15, -0.1) is 11.3 Å². The monoisotopic (exact) mass is 426 g/mol. The molecule has 0 saturated heterocycles. The fourth-order valence-corrected chi connectivity index (χ4v) is 4.11. The Hall–Kier alpha value is -3.89. The maximum Gasteiger partial charge on any atom is 0.251 e. The zero-order chi connectivity index (χ0) is 21.6. The Balaban J connectivity index is 1.36. The third-order valence-electron chi connectivity index (χ3n) is 4.86. The maximum atomic E-state index is 12.6. The van der Waals surface area contributed by atoms with Crippen LogP contribution in [0.4, 0.5) is 0 Å². The summed E-state index contributed by atoms with van der Waals surface area (Å²) in [7, 11) is 0. The first-order valence-electron chi connectivity index (χ1n) is 9.71. The van der Waals surface area contributed by atoms with Gasteiger partial charge in [0.25, 0.3) is 5.91 Å². The summed E-state index contributed by atoms with van der Waals surface area (Å²) in [5.41, 5.74) is 2.12. The lowest BCUT2D eigenvalue weighted by Crippen LogP contribution is -2.27. The second-order valence-electron chi connectivity index (χ2n) is 6.90. The van der Waals surface area contributed by atoms with Crippen molar-refractivity contribution >= 4 is 33.8 Å². The maximum absolute atomic E-state index is 12.6. The van der Waals surface area contributed by atoms with Gasteiger partial charge in [-0.2, -0.15) is 5.26 Å². The highest BCUT2D eigenvalue weighted by Crippen LogP contribution is 2.27. The minimum absolute atomic E-state index is 0.0573. The number of hydrogen-bond acceptors (Lipinski definition) is 6. The average molecular weight is 427 g/mol. The van der Waals surface area contributed by atoms with Gasteiger partial charge >= 0.3 is 0 Å². The molecule has 0 spiro atoms. The van der Waals surface area contributed by atoms with Crippen molar-refractivity contribution in [1.29, 1.82) is 5.26 Å². The van der Waals surface area contributed by atoms with E-state index in [4.69, 9.17) is 0 Å². The van der Waals surface area contributed by atoms with Gasteiger partial charge in [0.15, 0.2) is 11.7 Å². The SMILES string of the molecule is N#CC(C(=O)CCNC(=O)c1ccc2ccccc2c1)c1nc(-c2ccncc2)cs1. The van der Waals surface area contributed by atoms with Crippen LogP contribution in [0.1, 0.15) is 27.7 Å². The zero-order valence-electron chi connectivity index (χ0n) is 16.5. The minimum Gasteiger partial charge on any atom is -0.352 e. The Morgan fingerprint density at radius 2 is 1.84 bits per heavy atom. The van der Waals surface area contributed by atoms with Crippen molar-refractivity contribution in [3.63, 3.8) is 0 Å². The highest BCUT2D eigenvalue weighted by molar-refractivity contribution is 7.10. The van der Waals surface area contributed by atoms with Crippen molar-refractivity contribution in [2.75, 3.05) is 6.54 Å². The number of nitriles is 1. The summed E-state index contributed by atoms with van der Waals surface area (Å²) < 4.78 is 0. The van der Waals surface area contributed by atoms with Gasteiger partial charge in [0.05, 0.1) is 11.8 Å². The molecule has 0 bridgehead atoms. The normalized spacial score (nSPS) is 11.6. The topological polar surface area (TPSA) is 95.7 Å². The molecule has 0 saturated carbocycles. The summed E-state index contributed by atoms with van der Waals surface area (Å²) in [6.45, 7) is 0.158. The highest BCUT2D eigenvalue weighted by Gasteiger charge is 2.23. The van der Waals surface area contributed by atoms with Crippen molar-refractivity contribution in [2.45, 2.75) is 12.3 Å². The molecule has 4 aromatic rings. The molecule has 0 aliphatic rings. The molecule has 1 atom stereocenters. The fraction of sp³-hybridized carbons (Fsp3) is 0.125. The van der Waals surface area contributed by atoms with Crippen molar-refractivity contribution < 1.29 is 9.59 Å². The number of ketones is 1. The van der Waals surface area contributed by atoms with E-state index in [1.807, 2.05) is 60.0 Å². The van der Waals surface area contributed by atoms with Crippen LogP contribution in [-0.4, -0.2) is 28.2 Å². The van der Waals surface area contributed by atoms with E-state index in [0.717, 1.165) is 16.3 Å². The molecule has 1 unspecified atom stereocenters. The summed E-state index contributed by atoms with van der Waals surface area (Å²) in [5.74, 6) is -1.46. The number of aromatic nitrogens is 2. The van der Waals surface area contributed by atoms with Gasteiger partial charge in [-0.25, -0.2) is 4.98 Å². The number of nitrogens with zero attached hydrogens (tertiary/aromatic N) is 3. The molecule has 1 amide bonds. The number of Topliss-reactive ketones (excluding diaryl/α,β-unsaturated/α-hetero) is 1. The van der Waals surface area contributed by atoms with Crippen molar-refractivity contribution in [1.82, 2.24) is 15.3 Å². The molecular weight excluding hydrogens is 408 g/mol. The number of pyridine rings is 1. The first-order valence-corrected chi connectivity index (χ1v) is 10.6. The van der Waals surface area contributed by atoms with Crippen LogP contribution < -0.4 is 5.32 Å². The number of fused-ring (bicyclic) bond motifs is 1. The number of amides is 1. The van der Waals surface area contributed by atoms with Gasteiger partial charge in [0, 0.05) is 41.9 Å². The summed E-state index contributed by atoms with van der Waals surface area (Å²) in [5, 5.41) is 16.6. The quantitative estimate of drug-likeness (QED) is 0.474. The van der Waals surface area contributed by atoms with E-state index in [2.05, 4.69) is 15.3 Å². The second kappa shape index (κ2) is 9.28. The van der Waals surface area contributed by atoms with Crippen molar-refractivity contribution in [3.05, 3.63) is 82.9 Å². The molecule has 0 aliphatic heterocycles. The van der Waals surface area contributed by atoms with Crippen LogP contribution in [0.25, 0.3) is 22.0 Å². The molecular formula is C24H18N4O2S. The predicted octanol–water partition coefficient (Wildman–Crippen LogP) is 4.35. The van der Waals surface area contributed by atoms with Crippen LogP contribution in [0.15, 0.2) is 72.4 Å². The van der Waals surface area contributed by atoms with Crippen LogP contribution >= 0.6 is 11.3 Å². The highest BCUT2D eigenvalue weighted by atomic mass is 32.1. The van der Waals surface area contributed by atoms with Crippen molar-refractivity contribution in [2.24, 2.45) is 0 Å². The first kappa shape index (κ1) is 20.4. The summed E-state index contributed by atoms with van der Waals surface area (Å²) in [4.78, 5) is 33.5. The molecule has 152 valence electrons. The number of nitrogens with one attached hydrogen (secondary N) is 1. The van der Waals surface area contributed by atoms with Gasteiger partial charge in [-0.1, -0.05) is 30.3 Å². The van der Waals surface area contributed by atoms with E-state index in [0.29, 0.717) is 16.3 Å². The summed E-state index contributed by atoms with van der Waals surface area (Å²) in [6.07, 6.45) is 3.39. The Bertz CT molecular complexity index is 1280. The number of thiazole rings is 1. The molecule has 31 heavy (non-hydrogen) atoms. The average Bonchev–Trinajstić information content (AvgIpc) is 3.29. The molecule has 1 N–H and O–H groups in total. The molecule has 2 aromatic heterocycles. The molecule has 2 heterocycles. The Kier molecular flexibility index (Phi) is 6.11. The zero-order valence-corrected chi connectivity index (χ0v) is 17.3. The van der Waals surface area contributed by atoms with Gasteiger partial charge in [-0.05, 0) is 35.0 Å². The van der Waals surface area contributed by atoms with Crippen LogP contribution in [0.5, 0.6) is 0 Å². The molecule has 2 aromatic carbocycles. The smallest absolute Gasteiger partial charge is 0.251 e. The summed E-state index contributed by atoms with van der Waals surface area (Å²) in [6, 6.07) is 19.0. The lowest BCUT2D eigenvalue weighted by Gasteiger charge is -2.08. The van der Waals surface area contributed by atoms with Crippen LogP contribution in [0.3, 0.4) is 0 Å². The molecule has 0 aliphatic carbocycles. The first-order chi connectivity index (χ1) is 15.2. The Morgan fingerprint density at radius 3 is 2.61 bits per heavy atom. The van der Waals surface area contributed by atoms with E-state index in [9.17, 15) is 14.9 Å². The number of benzene rings is 2. The standard InChI is InChI=1S/C24H18N4O2S/c25-14-20(24-28-21(15-31-24)17-7-10-26-11-8-17)22(29)9-12-27-23(30)19-6-5-16-3-1-2-4-18(16)13-19/h1-8,10-11,13,15,20H,9,12H2,(H,27,30). The largest absolute Gasteiger partial charge is 0.352 e. The molecule has 4 rings (SSSR count). The van der Waals surface area contributed by atoms with E-state index in [-0.39, 0.29) is 24.7 Å². The molecule has 0 radical (unpaired) electrons. The van der Waals surface area contributed by atoms with Gasteiger partial charge in [-0.3, -0.25) is 14.6 Å². The predicted molar refractivity (Wildman–Crippen MR) is 120 cm³/mol. The van der Waals surface area contributed by atoms with Gasteiger partial charge < -0.3 is 5.32 Å². The van der Waals surface area contributed by atoms with Gasteiger partial charge in [0.1, 0.15) is 5.01 Å². The second-order valence-corrected chi connectivity index (χ2v) is 7.79. The Labute approximate surface area is 183 Å². The number of carbonyl (C=O) groups is 2. The molecule has 7 heteroatoms. The lowest BCUT2D eigenvalue weighted by molar-refractivity contribution is -0.119. The van der Waals surface area contributed by atoms with Crippen LogP contribution in [0.2, 0.25) is 0 Å². The van der Waals surface area contributed by atoms with Crippen LogP contribution in [0, 0.1) is 11.3 Å². The van der Waals surface area contributed by atoms with Crippen molar-refractivity contribution in [3.8, 4) is 17.3 Å². The third-order valence-corrected chi connectivity index (χ3v) is 5.77. The minimum atomic E-state index is -0.946.